The first-order valence-corrected chi connectivity index (χ1v) is 7.61. The van der Waals surface area contributed by atoms with Crippen molar-refractivity contribution < 1.29 is 19.4 Å². The van der Waals surface area contributed by atoms with Crippen LogP contribution < -0.4 is 0 Å². The second-order valence-electron chi connectivity index (χ2n) is 4.86. The van der Waals surface area contributed by atoms with Crippen LogP contribution in [0, 0.1) is 0 Å². The van der Waals surface area contributed by atoms with Gasteiger partial charge in [-0.3, -0.25) is 9.78 Å². The van der Waals surface area contributed by atoms with E-state index in [0.29, 0.717) is 6.42 Å². The summed E-state index contributed by atoms with van der Waals surface area (Å²) >= 11 is 0. The van der Waals surface area contributed by atoms with Crippen molar-refractivity contribution in [3.63, 3.8) is 0 Å². The molecule has 1 rings (SSSR count). The summed E-state index contributed by atoms with van der Waals surface area (Å²) in [7, 11) is 0. The molecule has 0 aliphatic rings. The van der Waals surface area contributed by atoms with E-state index in [9.17, 15) is 14.7 Å². The van der Waals surface area contributed by atoms with Gasteiger partial charge in [-0.15, -0.1) is 0 Å². The fourth-order valence-electron chi connectivity index (χ4n) is 1.93. The number of esters is 1. The SMILES string of the molecule is CCCCC(=NC(=O)c1ccccn1)/C(C(=O)OCC)=C(/C)O. The summed E-state index contributed by atoms with van der Waals surface area (Å²) in [5.74, 6) is -1.46. The number of allylic oxidation sites excluding steroid dienone is 1. The summed E-state index contributed by atoms with van der Waals surface area (Å²) in [5.41, 5.74) is 0.353. The molecular formula is C17H22N2O4. The maximum atomic E-state index is 12.2. The third kappa shape index (κ3) is 5.65. The number of pyridine rings is 1. The zero-order valence-electron chi connectivity index (χ0n) is 13.7. The molecule has 1 aromatic heterocycles. The van der Waals surface area contributed by atoms with Crippen molar-refractivity contribution in [1.29, 1.82) is 0 Å². The molecule has 6 heteroatoms. The molecule has 0 aliphatic carbocycles. The van der Waals surface area contributed by atoms with Crippen molar-refractivity contribution in [1.82, 2.24) is 4.98 Å². The van der Waals surface area contributed by atoms with Gasteiger partial charge in [0.15, 0.2) is 0 Å². The van der Waals surface area contributed by atoms with Crippen LogP contribution in [0.1, 0.15) is 50.5 Å². The minimum Gasteiger partial charge on any atom is -0.512 e. The van der Waals surface area contributed by atoms with Crippen molar-refractivity contribution in [2.45, 2.75) is 40.0 Å². The Morgan fingerprint density at radius 1 is 1.30 bits per heavy atom. The van der Waals surface area contributed by atoms with E-state index in [1.165, 1.54) is 13.1 Å². The van der Waals surface area contributed by atoms with Crippen molar-refractivity contribution in [3.8, 4) is 0 Å². The van der Waals surface area contributed by atoms with E-state index >= 15 is 0 Å². The van der Waals surface area contributed by atoms with Crippen LogP contribution in [0.25, 0.3) is 0 Å². The Labute approximate surface area is 135 Å². The normalized spacial score (nSPS) is 12.6. The average molecular weight is 318 g/mol. The number of aromatic nitrogens is 1. The minimum atomic E-state index is -0.684. The summed E-state index contributed by atoms with van der Waals surface area (Å²) < 4.78 is 4.95. The first kappa shape index (κ1) is 18.5. The standard InChI is InChI=1S/C17H22N2O4/c1-4-6-9-13(15(12(3)20)17(22)23-5-2)19-16(21)14-10-7-8-11-18-14/h7-8,10-11,20H,4-6,9H2,1-3H3/b15-12+,19-13?. The highest BCUT2D eigenvalue weighted by molar-refractivity contribution is 6.23. The van der Waals surface area contributed by atoms with Crippen molar-refractivity contribution >= 4 is 17.6 Å². The molecule has 0 unspecified atom stereocenters. The van der Waals surface area contributed by atoms with Crippen LogP contribution in [0.3, 0.4) is 0 Å². The Morgan fingerprint density at radius 2 is 2.04 bits per heavy atom. The van der Waals surface area contributed by atoms with Gasteiger partial charge in [-0.25, -0.2) is 9.79 Å². The molecule has 1 aromatic rings. The van der Waals surface area contributed by atoms with Crippen LogP contribution in [-0.2, 0) is 9.53 Å². The van der Waals surface area contributed by atoms with Gasteiger partial charge in [-0.2, -0.15) is 0 Å². The van der Waals surface area contributed by atoms with Gasteiger partial charge in [-0.05, 0) is 38.8 Å². The number of amides is 1. The molecule has 0 spiro atoms. The highest BCUT2D eigenvalue weighted by Gasteiger charge is 2.22. The number of nitrogens with zero attached hydrogens (tertiary/aromatic N) is 2. The zero-order chi connectivity index (χ0) is 17.2. The lowest BCUT2D eigenvalue weighted by Crippen LogP contribution is -2.19. The number of rotatable bonds is 7. The molecule has 124 valence electrons. The van der Waals surface area contributed by atoms with Gasteiger partial charge < -0.3 is 9.84 Å². The Bertz CT molecular complexity index is 602. The lowest BCUT2D eigenvalue weighted by molar-refractivity contribution is -0.138. The third-order valence-electron chi connectivity index (χ3n) is 3.02. The Hall–Kier alpha value is -2.50. The van der Waals surface area contributed by atoms with Crippen molar-refractivity contribution in [2.75, 3.05) is 6.61 Å². The molecule has 0 saturated heterocycles. The lowest BCUT2D eigenvalue weighted by Gasteiger charge is -2.11. The van der Waals surface area contributed by atoms with E-state index in [2.05, 4.69) is 9.98 Å². The molecule has 0 atom stereocenters. The molecule has 0 fully saturated rings. The predicted octanol–water partition coefficient (Wildman–Crippen LogP) is 3.25. The molecule has 1 N–H and O–H groups in total. The van der Waals surface area contributed by atoms with Crippen molar-refractivity contribution in [2.24, 2.45) is 4.99 Å². The smallest absolute Gasteiger partial charge is 0.343 e. The fourth-order valence-corrected chi connectivity index (χ4v) is 1.93. The van der Waals surface area contributed by atoms with E-state index in [1.54, 1.807) is 25.1 Å². The largest absolute Gasteiger partial charge is 0.512 e. The lowest BCUT2D eigenvalue weighted by atomic mass is 10.0. The summed E-state index contributed by atoms with van der Waals surface area (Å²) in [6.45, 7) is 5.20. The van der Waals surface area contributed by atoms with Crippen LogP contribution in [-0.4, -0.2) is 34.3 Å². The molecule has 0 saturated carbocycles. The first-order chi connectivity index (χ1) is 11.0. The number of ether oxygens (including phenoxy) is 1. The number of carbonyl (C=O) groups is 2. The van der Waals surface area contributed by atoms with E-state index in [1.807, 2.05) is 6.92 Å². The fraction of sp³-hybridized carbons (Fsp3) is 0.412. The number of aliphatic hydroxyl groups excluding tert-OH is 1. The second-order valence-corrected chi connectivity index (χ2v) is 4.86. The van der Waals surface area contributed by atoms with Gasteiger partial charge in [0.25, 0.3) is 5.91 Å². The topological polar surface area (TPSA) is 88.9 Å². The van der Waals surface area contributed by atoms with E-state index in [-0.39, 0.29) is 29.3 Å². The number of aliphatic imine (C=N–C) groups is 1. The van der Waals surface area contributed by atoms with Crippen LogP contribution in [0.5, 0.6) is 0 Å². The van der Waals surface area contributed by atoms with Gasteiger partial charge in [0.2, 0.25) is 0 Å². The van der Waals surface area contributed by atoms with Gasteiger partial charge >= 0.3 is 5.97 Å². The van der Waals surface area contributed by atoms with E-state index < -0.39 is 11.9 Å². The maximum Gasteiger partial charge on any atom is 0.343 e. The van der Waals surface area contributed by atoms with Crippen LogP contribution in [0.2, 0.25) is 0 Å². The Balaban J connectivity index is 3.21. The number of carbonyl (C=O) groups excluding carboxylic acids is 2. The summed E-state index contributed by atoms with van der Waals surface area (Å²) in [5, 5.41) is 9.83. The third-order valence-corrected chi connectivity index (χ3v) is 3.02. The van der Waals surface area contributed by atoms with E-state index in [4.69, 9.17) is 4.74 Å². The summed E-state index contributed by atoms with van der Waals surface area (Å²) in [6.07, 6.45) is 3.47. The molecule has 1 amide bonds. The average Bonchev–Trinajstić information content (AvgIpc) is 2.53. The minimum absolute atomic E-state index is 0.0513. The van der Waals surface area contributed by atoms with Gasteiger partial charge in [-0.1, -0.05) is 19.4 Å². The van der Waals surface area contributed by atoms with Gasteiger partial charge in [0.05, 0.1) is 12.3 Å². The molecule has 0 bridgehead atoms. The quantitative estimate of drug-likeness (QED) is 0.361. The molecule has 0 aliphatic heterocycles. The molecule has 23 heavy (non-hydrogen) atoms. The summed E-state index contributed by atoms with van der Waals surface area (Å²) in [6, 6.07) is 4.92. The van der Waals surface area contributed by atoms with Crippen LogP contribution >= 0.6 is 0 Å². The van der Waals surface area contributed by atoms with Gasteiger partial charge in [0.1, 0.15) is 17.0 Å². The van der Waals surface area contributed by atoms with Crippen molar-refractivity contribution in [3.05, 3.63) is 41.4 Å². The van der Waals surface area contributed by atoms with Crippen LogP contribution in [0.15, 0.2) is 40.7 Å². The summed E-state index contributed by atoms with van der Waals surface area (Å²) in [4.78, 5) is 32.2. The predicted molar refractivity (Wildman–Crippen MR) is 87.5 cm³/mol. The van der Waals surface area contributed by atoms with E-state index in [0.717, 1.165) is 12.8 Å². The molecule has 0 aromatic carbocycles. The molecule has 6 nitrogen and oxygen atoms in total. The number of unbranched alkanes of at least 4 members (excludes halogenated alkanes) is 1. The Morgan fingerprint density at radius 3 is 2.57 bits per heavy atom. The number of hydrogen-bond acceptors (Lipinski definition) is 5. The molecule has 0 radical (unpaired) electrons. The second kappa shape index (κ2) is 9.50. The Kier molecular flexibility index (Phi) is 7.66. The highest BCUT2D eigenvalue weighted by atomic mass is 16.5. The zero-order valence-corrected chi connectivity index (χ0v) is 13.7. The number of hydrogen-bond donors (Lipinski definition) is 1. The number of aliphatic hydroxyl groups is 1. The van der Waals surface area contributed by atoms with Crippen LogP contribution in [0.4, 0.5) is 0 Å². The molecule has 1 heterocycles. The first-order valence-electron chi connectivity index (χ1n) is 7.61. The maximum absolute atomic E-state index is 12.2. The highest BCUT2D eigenvalue weighted by Crippen LogP contribution is 2.14. The monoisotopic (exact) mass is 318 g/mol. The van der Waals surface area contributed by atoms with Gasteiger partial charge in [0, 0.05) is 6.20 Å². The molecular weight excluding hydrogens is 296 g/mol.